The van der Waals surface area contributed by atoms with Crippen molar-refractivity contribution < 1.29 is 9.53 Å². The molecule has 0 saturated heterocycles. The topological polar surface area (TPSA) is 64.3 Å². The maximum Gasteiger partial charge on any atom is 0.228 e. The summed E-state index contributed by atoms with van der Waals surface area (Å²) in [6.45, 7) is 4.35. The van der Waals surface area contributed by atoms with E-state index >= 15 is 0 Å². The Morgan fingerprint density at radius 3 is 2.80 bits per heavy atom. The van der Waals surface area contributed by atoms with E-state index in [1.54, 1.807) is 25.3 Å². The lowest BCUT2D eigenvalue weighted by atomic mass is 9.68. The average Bonchev–Trinajstić information content (AvgIpc) is 2.38. The minimum Gasteiger partial charge on any atom is -0.495 e. The van der Waals surface area contributed by atoms with Crippen molar-refractivity contribution in [1.82, 2.24) is 0 Å². The zero-order valence-corrected chi connectivity index (χ0v) is 12.5. The van der Waals surface area contributed by atoms with Gasteiger partial charge in [0.15, 0.2) is 0 Å². The number of hydrogen-bond donors (Lipinski definition) is 2. The highest BCUT2D eigenvalue weighted by Gasteiger charge is 2.37. The van der Waals surface area contributed by atoms with Crippen LogP contribution in [0.5, 0.6) is 5.75 Å². The zero-order valence-electron chi connectivity index (χ0n) is 12.5. The van der Waals surface area contributed by atoms with Crippen LogP contribution < -0.4 is 15.8 Å². The largest absolute Gasteiger partial charge is 0.495 e. The van der Waals surface area contributed by atoms with Gasteiger partial charge in [0, 0.05) is 11.6 Å². The summed E-state index contributed by atoms with van der Waals surface area (Å²) in [5.74, 6) is 0.752. The number of amides is 1. The highest BCUT2D eigenvalue weighted by Crippen LogP contribution is 2.41. The molecule has 1 atom stereocenters. The molecule has 3 N–H and O–H groups in total. The van der Waals surface area contributed by atoms with Gasteiger partial charge in [-0.05, 0) is 36.5 Å². The van der Waals surface area contributed by atoms with Gasteiger partial charge in [0.1, 0.15) is 5.75 Å². The molecule has 2 rings (SSSR count). The fourth-order valence-electron chi connectivity index (χ4n) is 3.02. The summed E-state index contributed by atoms with van der Waals surface area (Å²) >= 11 is 0. The van der Waals surface area contributed by atoms with Crippen LogP contribution in [0.3, 0.4) is 0 Å². The van der Waals surface area contributed by atoms with E-state index in [0.29, 0.717) is 17.1 Å². The van der Waals surface area contributed by atoms with Gasteiger partial charge in [-0.15, -0.1) is 0 Å². The fourth-order valence-corrected chi connectivity index (χ4v) is 3.02. The molecule has 0 aromatic heterocycles. The number of nitrogen functional groups attached to an aromatic ring is 1. The molecule has 1 aliphatic carbocycles. The molecule has 0 heterocycles. The Morgan fingerprint density at radius 1 is 1.40 bits per heavy atom. The molecule has 1 aliphatic rings. The summed E-state index contributed by atoms with van der Waals surface area (Å²) in [6, 6.07) is 5.28. The van der Waals surface area contributed by atoms with Gasteiger partial charge in [-0.1, -0.05) is 26.7 Å². The van der Waals surface area contributed by atoms with Gasteiger partial charge in [-0.25, -0.2) is 0 Å². The molecule has 0 radical (unpaired) electrons. The van der Waals surface area contributed by atoms with Crippen LogP contribution >= 0.6 is 0 Å². The Morgan fingerprint density at radius 2 is 2.15 bits per heavy atom. The minimum absolute atomic E-state index is 0.0439. The molecule has 1 aromatic rings. The van der Waals surface area contributed by atoms with Crippen LogP contribution in [-0.4, -0.2) is 13.0 Å². The van der Waals surface area contributed by atoms with Gasteiger partial charge < -0.3 is 15.8 Å². The van der Waals surface area contributed by atoms with E-state index in [0.717, 1.165) is 19.3 Å². The Hall–Kier alpha value is -1.71. The molecule has 20 heavy (non-hydrogen) atoms. The summed E-state index contributed by atoms with van der Waals surface area (Å²) in [5.41, 5.74) is 7.10. The predicted molar refractivity (Wildman–Crippen MR) is 81.8 cm³/mol. The lowest BCUT2D eigenvalue weighted by Crippen LogP contribution is -2.37. The normalized spacial score (nSPS) is 21.2. The fraction of sp³-hybridized carbons (Fsp3) is 0.562. The second kappa shape index (κ2) is 5.73. The number of hydrogen-bond acceptors (Lipinski definition) is 3. The molecular formula is C16H24N2O2. The van der Waals surface area contributed by atoms with Gasteiger partial charge in [-0.2, -0.15) is 0 Å². The number of carbonyl (C=O) groups excluding carboxylic acids is 1. The van der Waals surface area contributed by atoms with Gasteiger partial charge in [-0.3, -0.25) is 4.79 Å². The number of anilines is 2. The van der Waals surface area contributed by atoms with Crippen molar-refractivity contribution in [3.63, 3.8) is 0 Å². The van der Waals surface area contributed by atoms with Crippen molar-refractivity contribution in [1.29, 1.82) is 0 Å². The Labute approximate surface area is 120 Å². The molecule has 4 heteroatoms. The van der Waals surface area contributed by atoms with Crippen LogP contribution in [0.15, 0.2) is 18.2 Å². The molecular weight excluding hydrogens is 252 g/mol. The summed E-state index contributed by atoms with van der Waals surface area (Å²) in [7, 11) is 1.59. The predicted octanol–water partition coefficient (Wildman–Crippen LogP) is 3.43. The molecule has 0 aliphatic heterocycles. The molecule has 1 fully saturated rings. The van der Waals surface area contributed by atoms with Crippen molar-refractivity contribution in [3.8, 4) is 5.75 Å². The van der Waals surface area contributed by atoms with Crippen molar-refractivity contribution in [2.24, 2.45) is 11.3 Å². The Bertz CT molecular complexity index is 497. The van der Waals surface area contributed by atoms with Crippen molar-refractivity contribution >= 4 is 17.3 Å². The number of nitrogens with two attached hydrogens (primary N) is 1. The lowest BCUT2D eigenvalue weighted by molar-refractivity contribution is -0.124. The van der Waals surface area contributed by atoms with Gasteiger partial charge in [0.25, 0.3) is 0 Å². The van der Waals surface area contributed by atoms with Crippen LogP contribution in [0, 0.1) is 11.3 Å². The number of rotatable bonds is 3. The first-order valence-electron chi connectivity index (χ1n) is 7.18. The van der Waals surface area contributed by atoms with E-state index < -0.39 is 0 Å². The number of ether oxygens (including phenoxy) is 1. The molecule has 1 aromatic carbocycles. The van der Waals surface area contributed by atoms with Gasteiger partial charge in [0.05, 0.1) is 12.8 Å². The number of benzene rings is 1. The first-order valence-corrected chi connectivity index (χ1v) is 7.18. The smallest absolute Gasteiger partial charge is 0.228 e. The van der Waals surface area contributed by atoms with Gasteiger partial charge >= 0.3 is 0 Å². The van der Waals surface area contributed by atoms with Crippen molar-refractivity contribution in [3.05, 3.63) is 18.2 Å². The first kappa shape index (κ1) is 14.7. The highest BCUT2D eigenvalue weighted by molar-refractivity contribution is 5.95. The third-order valence-corrected chi connectivity index (χ3v) is 4.31. The molecule has 1 amide bonds. The second-order valence-corrected chi connectivity index (χ2v) is 6.24. The third kappa shape index (κ3) is 3.06. The molecule has 1 saturated carbocycles. The number of carbonyl (C=O) groups is 1. The maximum atomic E-state index is 12.6. The molecule has 0 spiro atoms. The minimum atomic E-state index is 0.0439. The average molecular weight is 276 g/mol. The van der Waals surface area contributed by atoms with Gasteiger partial charge in [0.2, 0.25) is 5.91 Å². The number of nitrogens with one attached hydrogen (secondary N) is 1. The molecule has 110 valence electrons. The summed E-state index contributed by atoms with van der Waals surface area (Å²) in [6.07, 6.45) is 4.37. The first-order chi connectivity index (χ1) is 9.44. The van der Waals surface area contributed by atoms with Crippen LogP contribution in [0.25, 0.3) is 0 Å². The SMILES string of the molecule is COc1ccc(N)cc1NC(=O)C1CCCCC1(C)C. The summed E-state index contributed by atoms with van der Waals surface area (Å²) in [5, 5.41) is 2.98. The summed E-state index contributed by atoms with van der Waals surface area (Å²) in [4.78, 5) is 12.6. The van der Waals surface area contributed by atoms with E-state index in [1.165, 1.54) is 6.42 Å². The zero-order chi connectivity index (χ0) is 14.8. The van der Waals surface area contributed by atoms with E-state index in [-0.39, 0.29) is 17.2 Å². The Balaban J connectivity index is 2.17. The molecule has 0 bridgehead atoms. The molecule has 4 nitrogen and oxygen atoms in total. The van der Waals surface area contributed by atoms with E-state index in [1.807, 2.05) is 0 Å². The van der Waals surface area contributed by atoms with Crippen molar-refractivity contribution in [2.75, 3.05) is 18.2 Å². The van der Waals surface area contributed by atoms with Crippen LogP contribution in [0.1, 0.15) is 39.5 Å². The highest BCUT2D eigenvalue weighted by atomic mass is 16.5. The lowest BCUT2D eigenvalue weighted by Gasteiger charge is -2.37. The van der Waals surface area contributed by atoms with Crippen LogP contribution in [-0.2, 0) is 4.79 Å². The maximum absolute atomic E-state index is 12.6. The molecule has 1 unspecified atom stereocenters. The van der Waals surface area contributed by atoms with E-state index in [2.05, 4.69) is 19.2 Å². The van der Waals surface area contributed by atoms with Crippen molar-refractivity contribution in [2.45, 2.75) is 39.5 Å². The monoisotopic (exact) mass is 276 g/mol. The van der Waals surface area contributed by atoms with Crippen LogP contribution in [0.4, 0.5) is 11.4 Å². The number of methoxy groups -OCH3 is 1. The third-order valence-electron chi connectivity index (χ3n) is 4.31. The quantitative estimate of drug-likeness (QED) is 0.831. The summed E-state index contributed by atoms with van der Waals surface area (Å²) < 4.78 is 5.27. The second-order valence-electron chi connectivity index (χ2n) is 6.24. The van der Waals surface area contributed by atoms with E-state index in [9.17, 15) is 4.79 Å². The Kier molecular flexibility index (Phi) is 4.21. The standard InChI is InChI=1S/C16H24N2O2/c1-16(2)9-5-4-6-12(16)15(19)18-13-10-11(17)7-8-14(13)20-3/h7-8,10,12H,4-6,9,17H2,1-3H3,(H,18,19). The van der Waals surface area contributed by atoms with Crippen LogP contribution in [0.2, 0.25) is 0 Å². The van der Waals surface area contributed by atoms with E-state index in [4.69, 9.17) is 10.5 Å².